The van der Waals surface area contributed by atoms with Crippen LogP contribution in [0.15, 0.2) is 48.8 Å². The summed E-state index contributed by atoms with van der Waals surface area (Å²) in [6.45, 7) is 13.7. The maximum absolute atomic E-state index is 12.5. The molecule has 2 aromatic rings. The summed E-state index contributed by atoms with van der Waals surface area (Å²) in [7, 11) is -1.97. The van der Waals surface area contributed by atoms with Crippen LogP contribution in [0.4, 0.5) is 0 Å². The van der Waals surface area contributed by atoms with Gasteiger partial charge in [0.15, 0.2) is 5.78 Å². The van der Waals surface area contributed by atoms with Crippen LogP contribution in [-0.2, 0) is 6.42 Å². The second-order valence-electron chi connectivity index (χ2n) is 7.91. The van der Waals surface area contributed by atoms with E-state index in [1.807, 2.05) is 36.4 Å². The predicted octanol–water partition coefficient (Wildman–Crippen LogP) is 6.06. The Balaban J connectivity index is 2.17. The summed E-state index contributed by atoms with van der Waals surface area (Å²) in [6, 6.07) is 11.4. The van der Waals surface area contributed by atoms with Crippen LogP contribution in [0.2, 0.25) is 16.6 Å². The molecule has 1 aromatic carbocycles. The lowest BCUT2D eigenvalue weighted by Crippen LogP contribution is -2.50. The molecule has 0 bridgehead atoms. The van der Waals surface area contributed by atoms with Crippen molar-refractivity contribution in [2.75, 3.05) is 0 Å². The van der Waals surface area contributed by atoms with Gasteiger partial charge in [-0.25, -0.2) is 0 Å². The largest absolute Gasteiger partial charge is 0.543 e. The van der Waals surface area contributed by atoms with Crippen LogP contribution in [0.25, 0.3) is 0 Å². The number of benzene rings is 1. The van der Waals surface area contributed by atoms with Crippen LogP contribution in [0.5, 0.6) is 5.75 Å². The molecule has 1 aromatic heterocycles. The van der Waals surface area contributed by atoms with Crippen LogP contribution in [0, 0.1) is 0 Å². The van der Waals surface area contributed by atoms with Gasteiger partial charge in [-0.1, -0.05) is 47.6 Å². The van der Waals surface area contributed by atoms with Crippen LogP contribution in [-0.4, -0.2) is 19.1 Å². The van der Waals surface area contributed by atoms with Gasteiger partial charge < -0.3 is 4.43 Å². The first-order valence-electron chi connectivity index (χ1n) is 9.48. The summed E-state index contributed by atoms with van der Waals surface area (Å²) in [5.74, 6) is 0.982. The molecule has 0 aliphatic carbocycles. The zero-order chi connectivity index (χ0) is 19.3. The van der Waals surface area contributed by atoms with Gasteiger partial charge >= 0.3 is 0 Å². The number of hydrogen-bond acceptors (Lipinski definition) is 3. The van der Waals surface area contributed by atoms with Gasteiger partial charge in [0.25, 0.3) is 8.32 Å². The van der Waals surface area contributed by atoms with Crippen LogP contribution < -0.4 is 4.43 Å². The summed E-state index contributed by atoms with van der Waals surface area (Å²) < 4.78 is 6.66. The van der Waals surface area contributed by atoms with Crippen LogP contribution in [0.1, 0.15) is 57.5 Å². The number of rotatable bonds is 8. The lowest BCUT2D eigenvalue weighted by atomic mass is 10.0. The average molecular weight is 370 g/mol. The summed E-state index contributed by atoms with van der Waals surface area (Å²) in [6.07, 6.45) is 3.83. The lowest BCUT2D eigenvalue weighted by Gasteiger charge is -2.42. The molecule has 0 unspecified atom stereocenters. The van der Waals surface area contributed by atoms with Gasteiger partial charge in [-0.15, -0.1) is 0 Å². The molecule has 0 saturated carbocycles. The third-order valence-corrected chi connectivity index (χ3v) is 11.3. The van der Waals surface area contributed by atoms with Crippen molar-refractivity contribution in [2.24, 2.45) is 0 Å². The molecule has 0 radical (unpaired) electrons. The Morgan fingerprint density at radius 2 is 1.54 bits per heavy atom. The van der Waals surface area contributed by atoms with E-state index in [0.717, 1.165) is 11.3 Å². The molecule has 140 valence electrons. The van der Waals surface area contributed by atoms with E-state index in [2.05, 4.69) is 46.5 Å². The number of hydrogen-bond donors (Lipinski definition) is 0. The first-order valence-corrected chi connectivity index (χ1v) is 11.6. The molecule has 0 atom stereocenters. The Kier molecular flexibility index (Phi) is 6.76. The molecular weight excluding hydrogens is 338 g/mol. The normalized spacial score (nSPS) is 12.0. The summed E-state index contributed by atoms with van der Waals surface area (Å²) in [4.78, 5) is 16.5. The van der Waals surface area contributed by atoms with Crippen molar-refractivity contribution in [1.82, 2.24) is 4.98 Å². The molecule has 26 heavy (non-hydrogen) atoms. The van der Waals surface area contributed by atoms with Gasteiger partial charge in [0, 0.05) is 24.4 Å². The third kappa shape index (κ3) is 4.42. The van der Waals surface area contributed by atoms with E-state index in [1.54, 1.807) is 12.4 Å². The molecular formula is C22H31NO2Si. The first kappa shape index (κ1) is 20.4. The highest BCUT2D eigenvalue weighted by Gasteiger charge is 2.46. The Bertz CT molecular complexity index is 687. The van der Waals surface area contributed by atoms with Gasteiger partial charge in [0.2, 0.25) is 0 Å². The molecule has 0 spiro atoms. The van der Waals surface area contributed by atoms with Gasteiger partial charge in [-0.05, 0) is 52.5 Å². The van der Waals surface area contributed by atoms with Crippen molar-refractivity contribution in [1.29, 1.82) is 0 Å². The Labute approximate surface area is 159 Å². The van der Waals surface area contributed by atoms with Crippen molar-refractivity contribution < 1.29 is 9.22 Å². The Morgan fingerprint density at radius 3 is 2.00 bits per heavy atom. The van der Waals surface area contributed by atoms with Crippen molar-refractivity contribution in [3.8, 4) is 5.75 Å². The third-order valence-electron chi connectivity index (χ3n) is 5.27. The van der Waals surface area contributed by atoms with Crippen molar-refractivity contribution in [3.63, 3.8) is 0 Å². The zero-order valence-electron chi connectivity index (χ0n) is 16.8. The standard InChI is InChI=1S/C22H31NO2Si/c1-16(2)26(17(3)4,18(5)6)25-21-11-9-20(10-12-21)22(24)14-19-8-7-13-23-15-19/h7-13,15-18H,14H2,1-6H3. The summed E-state index contributed by atoms with van der Waals surface area (Å²) in [5.41, 5.74) is 3.22. The maximum atomic E-state index is 12.5. The minimum atomic E-state index is -1.97. The zero-order valence-corrected chi connectivity index (χ0v) is 17.8. The van der Waals surface area contributed by atoms with E-state index in [1.165, 1.54) is 0 Å². The van der Waals surface area contributed by atoms with E-state index < -0.39 is 8.32 Å². The number of pyridine rings is 1. The highest BCUT2D eigenvalue weighted by atomic mass is 28.4. The van der Waals surface area contributed by atoms with E-state index in [4.69, 9.17) is 4.43 Å². The van der Waals surface area contributed by atoms with Gasteiger partial charge in [0.05, 0.1) is 0 Å². The fourth-order valence-electron chi connectivity index (χ4n) is 4.06. The monoisotopic (exact) mass is 369 g/mol. The number of aromatic nitrogens is 1. The molecule has 0 fully saturated rings. The quantitative estimate of drug-likeness (QED) is 0.419. The number of carbonyl (C=O) groups excluding carboxylic acids is 1. The minimum Gasteiger partial charge on any atom is -0.543 e. The average Bonchev–Trinajstić information content (AvgIpc) is 2.60. The molecule has 1 heterocycles. The molecule has 0 saturated heterocycles. The summed E-state index contributed by atoms with van der Waals surface area (Å²) >= 11 is 0. The molecule has 2 rings (SSSR count). The van der Waals surface area contributed by atoms with Crippen molar-refractivity contribution >= 4 is 14.1 Å². The molecule has 0 aliphatic heterocycles. The topological polar surface area (TPSA) is 39.2 Å². The van der Waals surface area contributed by atoms with Crippen molar-refractivity contribution in [2.45, 2.75) is 64.6 Å². The second kappa shape index (κ2) is 8.63. The van der Waals surface area contributed by atoms with E-state index in [-0.39, 0.29) is 5.78 Å². The predicted molar refractivity (Wildman–Crippen MR) is 110 cm³/mol. The molecule has 3 nitrogen and oxygen atoms in total. The van der Waals surface area contributed by atoms with E-state index >= 15 is 0 Å². The fraction of sp³-hybridized carbons (Fsp3) is 0.455. The SMILES string of the molecule is CC(C)[Si](Oc1ccc(C(=O)Cc2cccnc2)cc1)(C(C)C)C(C)C. The van der Waals surface area contributed by atoms with E-state index in [0.29, 0.717) is 28.6 Å². The highest BCUT2D eigenvalue weighted by molar-refractivity contribution is 6.78. The molecule has 0 N–H and O–H groups in total. The minimum absolute atomic E-state index is 0.102. The Hall–Kier alpha value is -1.94. The smallest absolute Gasteiger partial charge is 0.258 e. The molecule has 4 heteroatoms. The first-order chi connectivity index (χ1) is 12.3. The number of Topliss-reactive ketones (excluding diaryl/α,β-unsaturated/α-hetero) is 1. The van der Waals surface area contributed by atoms with Gasteiger partial charge in [0.1, 0.15) is 5.75 Å². The van der Waals surface area contributed by atoms with Crippen LogP contribution in [0.3, 0.4) is 0 Å². The second-order valence-corrected chi connectivity index (χ2v) is 13.3. The van der Waals surface area contributed by atoms with Gasteiger partial charge in [-0.2, -0.15) is 0 Å². The van der Waals surface area contributed by atoms with Crippen molar-refractivity contribution in [3.05, 3.63) is 59.9 Å². The highest BCUT2D eigenvalue weighted by Crippen LogP contribution is 2.42. The molecule has 0 aliphatic rings. The Morgan fingerprint density at radius 1 is 0.962 bits per heavy atom. The maximum Gasteiger partial charge on any atom is 0.258 e. The number of carbonyl (C=O) groups is 1. The fourth-order valence-corrected chi connectivity index (χ4v) is 9.31. The van der Waals surface area contributed by atoms with E-state index in [9.17, 15) is 4.79 Å². The molecule has 0 amide bonds. The lowest BCUT2D eigenvalue weighted by molar-refractivity contribution is 0.0993. The van der Waals surface area contributed by atoms with Gasteiger partial charge in [-0.3, -0.25) is 9.78 Å². The van der Waals surface area contributed by atoms with Crippen LogP contribution >= 0.6 is 0 Å². The number of ketones is 1. The number of nitrogens with zero attached hydrogens (tertiary/aromatic N) is 1. The summed E-state index contributed by atoms with van der Waals surface area (Å²) in [5, 5.41) is 0.